The molecular formula is C20H15F3N2O4. The summed E-state index contributed by atoms with van der Waals surface area (Å²) in [5.74, 6) is -3.37. The summed E-state index contributed by atoms with van der Waals surface area (Å²) in [5.41, 5.74) is -2.03. The number of alkyl halides is 3. The van der Waals surface area contributed by atoms with Gasteiger partial charge in [-0.2, -0.15) is 13.2 Å². The first-order valence-electron chi connectivity index (χ1n) is 8.98. The summed E-state index contributed by atoms with van der Waals surface area (Å²) in [7, 11) is 0. The number of nitrogens with zero attached hydrogens (tertiary/aromatic N) is 2. The van der Waals surface area contributed by atoms with Gasteiger partial charge in [-0.25, -0.2) is 0 Å². The molecule has 0 aromatic heterocycles. The minimum Gasteiger partial charge on any atom is -0.275 e. The molecule has 9 heteroatoms. The van der Waals surface area contributed by atoms with Gasteiger partial charge < -0.3 is 0 Å². The number of amides is 4. The molecule has 2 aliphatic heterocycles. The molecule has 2 heterocycles. The van der Waals surface area contributed by atoms with Crippen molar-refractivity contribution < 1.29 is 32.3 Å². The van der Waals surface area contributed by atoms with Crippen LogP contribution in [0.2, 0.25) is 0 Å². The zero-order valence-corrected chi connectivity index (χ0v) is 15.7. The number of carbonyl (C=O) groups excluding carboxylic acids is 4. The van der Waals surface area contributed by atoms with E-state index < -0.39 is 40.9 Å². The highest BCUT2D eigenvalue weighted by molar-refractivity contribution is 6.34. The highest BCUT2D eigenvalue weighted by Crippen LogP contribution is 2.45. The molecule has 0 bridgehead atoms. The highest BCUT2D eigenvalue weighted by atomic mass is 19.4. The van der Waals surface area contributed by atoms with E-state index in [2.05, 4.69) is 0 Å². The van der Waals surface area contributed by atoms with Crippen molar-refractivity contribution in [2.75, 3.05) is 13.1 Å². The summed E-state index contributed by atoms with van der Waals surface area (Å²) < 4.78 is 41.6. The van der Waals surface area contributed by atoms with E-state index in [1.165, 1.54) is 19.9 Å². The molecular weight excluding hydrogens is 389 g/mol. The van der Waals surface area contributed by atoms with Crippen LogP contribution in [0.15, 0.2) is 12.1 Å². The van der Waals surface area contributed by atoms with Crippen molar-refractivity contribution >= 4 is 34.4 Å². The third kappa shape index (κ3) is 2.30. The van der Waals surface area contributed by atoms with Gasteiger partial charge in [0, 0.05) is 35.0 Å². The Morgan fingerprint density at radius 2 is 1.21 bits per heavy atom. The Labute approximate surface area is 162 Å². The van der Waals surface area contributed by atoms with E-state index in [-0.39, 0.29) is 40.6 Å². The molecule has 0 atom stereocenters. The second-order valence-electron chi connectivity index (χ2n) is 6.92. The van der Waals surface area contributed by atoms with E-state index in [0.29, 0.717) is 11.6 Å². The third-order valence-electron chi connectivity index (χ3n) is 5.41. The van der Waals surface area contributed by atoms with Crippen molar-refractivity contribution in [2.45, 2.75) is 26.9 Å². The van der Waals surface area contributed by atoms with Crippen LogP contribution >= 0.6 is 0 Å². The largest absolute Gasteiger partial charge is 0.417 e. The average Bonchev–Trinajstić information content (AvgIpc) is 2.64. The first-order chi connectivity index (χ1) is 13.5. The minimum absolute atomic E-state index is 0.0234. The van der Waals surface area contributed by atoms with Crippen molar-refractivity contribution in [1.82, 2.24) is 9.80 Å². The normalized spacial score (nSPS) is 16.3. The lowest BCUT2D eigenvalue weighted by Gasteiger charge is -2.33. The smallest absolute Gasteiger partial charge is 0.275 e. The van der Waals surface area contributed by atoms with E-state index in [0.717, 1.165) is 9.80 Å². The van der Waals surface area contributed by atoms with Crippen LogP contribution in [0, 0.1) is 6.92 Å². The van der Waals surface area contributed by atoms with Crippen LogP contribution < -0.4 is 0 Å². The van der Waals surface area contributed by atoms with E-state index in [9.17, 15) is 32.3 Å². The summed E-state index contributed by atoms with van der Waals surface area (Å²) in [5, 5.41) is -0.326. The number of hydrogen-bond donors (Lipinski definition) is 0. The molecule has 0 radical (unpaired) electrons. The predicted octanol–water partition coefficient (Wildman–Crippen LogP) is 3.40. The van der Waals surface area contributed by atoms with Gasteiger partial charge in [-0.1, -0.05) is 0 Å². The van der Waals surface area contributed by atoms with Gasteiger partial charge in [0.1, 0.15) is 0 Å². The fourth-order valence-electron chi connectivity index (χ4n) is 4.15. The average molecular weight is 404 g/mol. The van der Waals surface area contributed by atoms with Crippen LogP contribution in [0.1, 0.15) is 66.4 Å². The zero-order valence-electron chi connectivity index (χ0n) is 15.7. The second-order valence-corrected chi connectivity index (χ2v) is 6.92. The monoisotopic (exact) mass is 404 g/mol. The molecule has 0 unspecified atom stereocenters. The standard InChI is InChI=1S/C20H15F3N2O4/c1-4-24-17(27)10-7-11(20(21,22)23)15-14-9(16(26)25(5-2)19(15)29)6-8(3)12(13(10)14)18(24)28/h6-7H,4-5H2,1-3H3. The van der Waals surface area contributed by atoms with Gasteiger partial charge in [-0.15, -0.1) is 0 Å². The number of carbonyl (C=O) groups is 4. The van der Waals surface area contributed by atoms with Crippen LogP contribution in [0.5, 0.6) is 0 Å². The molecule has 0 N–H and O–H groups in total. The maximum Gasteiger partial charge on any atom is 0.417 e. The lowest BCUT2D eigenvalue weighted by Crippen LogP contribution is -2.44. The van der Waals surface area contributed by atoms with Gasteiger partial charge in [0.2, 0.25) is 0 Å². The maximum absolute atomic E-state index is 13.9. The van der Waals surface area contributed by atoms with Gasteiger partial charge >= 0.3 is 6.18 Å². The summed E-state index contributed by atoms with van der Waals surface area (Å²) in [6.45, 7) is 4.43. The van der Waals surface area contributed by atoms with Crippen molar-refractivity contribution in [3.05, 3.63) is 45.5 Å². The quantitative estimate of drug-likeness (QED) is 0.719. The van der Waals surface area contributed by atoms with Crippen molar-refractivity contribution in [3.8, 4) is 0 Å². The number of hydrogen-bond acceptors (Lipinski definition) is 4. The van der Waals surface area contributed by atoms with Gasteiger partial charge in [-0.05, 0) is 38.5 Å². The minimum atomic E-state index is -4.93. The van der Waals surface area contributed by atoms with E-state index >= 15 is 0 Å². The first kappa shape index (κ1) is 19.1. The van der Waals surface area contributed by atoms with Crippen molar-refractivity contribution in [1.29, 1.82) is 0 Å². The summed E-state index contributed by atoms with van der Waals surface area (Å²) in [6, 6.07) is 1.95. The van der Waals surface area contributed by atoms with Crippen molar-refractivity contribution in [2.24, 2.45) is 0 Å². The molecule has 6 nitrogen and oxygen atoms in total. The Bertz CT molecular complexity index is 1170. The van der Waals surface area contributed by atoms with E-state index in [4.69, 9.17) is 0 Å². The number of aryl methyl sites for hydroxylation is 1. The fraction of sp³-hybridized carbons (Fsp3) is 0.300. The zero-order chi connectivity index (χ0) is 21.4. The lowest BCUT2D eigenvalue weighted by molar-refractivity contribution is -0.137. The third-order valence-corrected chi connectivity index (χ3v) is 5.41. The molecule has 4 rings (SSSR count). The number of benzene rings is 2. The Balaban J connectivity index is 2.29. The number of halogens is 3. The van der Waals surface area contributed by atoms with Crippen LogP contribution in [-0.2, 0) is 6.18 Å². The molecule has 29 heavy (non-hydrogen) atoms. The molecule has 2 aliphatic rings. The topological polar surface area (TPSA) is 74.8 Å². The molecule has 0 aliphatic carbocycles. The Kier molecular flexibility index (Phi) is 3.88. The molecule has 0 fully saturated rings. The van der Waals surface area contributed by atoms with Gasteiger partial charge in [0.05, 0.1) is 16.7 Å². The Morgan fingerprint density at radius 3 is 1.69 bits per heavy atom. The molecule has 4 amide bonds. The van der Waals surface area contributed by atoms with Gasteiger partial charge in [0.25, 0.3) is 23.6 Å². The number of imide groups is 2. The molecule has 2 aromatic carbocycles. The van der Waals surface area contributed by atoms with E-state index in [1.807, 2.05) is 0 Å². The van der Waals surface area contributed by atoms with Crippen LogP contribution in [-0.4, -0.2) is 46.5 Å². The second kappa shape index (κ2) is 5.88. The van der Waals surface area contributed by atoms with Crippen molar-refractivity contribution in [3.63, 3.8) is 0 Å². The summed E-state index contributed by atoms with van der Waals surface area (Å²) in [4.78, 5) is 52.9. The molecule has 2 aromatic rings. The number of rotatable bonds is 2. The SMILES string of the molecule is CCN1C(=O)c2cc(C(F)(F)F)c3c4c(cc(C)c(c24)C1=O)C(=O)N(CC)C3=O. The van der Waals surface area contributed by atoms with Gasteiger partial charge in [-0.3, -0.25) is 29.0 Å². The molecule has 150 valence electrons. The Morgan fingerprint density at radius 1 is 0.759 bits per heavy atom. The molecule has 0 saturated carbocycles. The summed E-state index contributed by atoms with van der Waals surface area (Å²) >= 11 is 0. The summed E-state index contributed by atoms with van der Waals surface area (Å²) in [6.07, 6.45) is -4.93. The van der Waals surface area contributed by atoms with E-state index in [1.54, 1.807) is 6.92 Å². The fourth-order valence-corrected chi connectivity index (χ4v) is 4.15. The van der Waals surface area contributed by atoms with Gasteiger partial charge in [0.15, 0.2) is 0 Å². The van der Waals surface area contributed by atoms with Crippen LogP contribution in [0.3, 0.4) is 0 Å². The van der Waals surface area contributed by atoms with Crippen LogP contribution in [0.25, 0.3) is 10.8 Å². The maximum atomic E-state index is 13.9. The first-order valence-corrected chi connectivity index (χ1v) is 8.98. The van der Waals surface area contributed by atoms with Crippen LogP contribution in [0.4, 0.5) is 13.2 Å². The highest BCUT2D eigenvalue weighted by Gasteiger charge is 2.46. The molecule has 0 spiro atoms. The molecule has 0 saturated heterocycles. The predicted molar refractivity (Wildman–Crippen MR) is 95.8 cm³/mol. The Hall–Kier alpha value is -3.23. The lowest BCUT2D eigenvalue weighted by atomic mass is 9.81.